The van der Waals surface area contributed by atoms with Crippen LogP contribution in [0.4, 0.5) is 0 Å². The minimum absolute atomic E-state index is 0.156. The molecule has 98 valence electrons. The van der Waals surface area contributed by atoms with Crippen LogP contribution in [-0.4, -0.2) is 69.1 Å². The van der Waals surface area contributed by atoms with E-state index in [9.17, 15) is 4.79 Å². The Labute approximate surface area is 104 Å². The van der Waals surface area contributed by atoms with Gasteiger partial charge in [0.25, 0.3) is 0 Å². The second-order valence-corrected chi connectivity index (χ2v) is 5.64. The second-order valence-electron chi connectivity index (χ2n) is 5.64. The van der Waals surface area contributed by atoms with Gasteiger partial charge in [0.2, 0.25) is 0 Å². The average Bonchev–Trinajstić information content (AvgIpc) is 2.89. The SMILES string of the molecule is CN1CCC(CN(C)CC(=O)C2CCOC2)C1. The Morgan fingerprint density at radius 3 is 2.88 bits per heavy atom. The summed E-state index contributed by atoms with van der Waals surface area (Å²) in [4.78, 5) is 16.5. The second kappa shape index (κ2) is 5.94. The zero-order valence-electron chi connectivity index (χ0n) is 11.0. The smallest absolute Gasteiger partial charge is 0.152 e. The quantitative estimate of drug-likeness (QED) is 0.699. The lowest BCUT2D eigenvalue weighted by atomic mass is 10.0. The number of ketones is 1. The van der Waals surface area contributed by atoms with E-state index in [0.29, 0.717) is 18.9 Å². The predicted octanol–water partition coefficient (Wildman–Crippen LogP) is 0.476. The zero-order chi connectivity index (χ0) is 12.3. The molecule has 0 aromatic heterocycles. The van der Waals surface area contributed by atoms with Crippen molar-refractivity contribution < 1.29 is 9.53 Å². The third-order valence-corrected chi connectivity index (χ3v) is 3.87. The molecule has 17 heavy (non-hydrogen) atoms. The van der Waals surface area contributed by atoms with E-state index >= 15 is 0 Å². The van der Waals surface area contributed by atoms with Crippen molar-refractivity contribution in [1.29, 1.82) is 0 Å². The van der Waals surface area contributed by atoms with Gasteiger partial charge < -0.3 is 9.64 Å². The first-order valence-corrected chi connectivity index (χ1v) is 6.62. The normalized spacial score (nSPS) is 30.3. The van der Waals surface area contributed by atoms with Crippen LogP contribution in [0.1, 0.15) is 12.8 Å². The van der Waals surface area contributed by atoms with Crippen molar-refractivity contribution in [3.63, 3.8) is 0 Å². The van der Waals surface area contributed by atoms with Gasteiger partial charge in [-0.25, -0.2) is 0 Å². The van der Waals surface area contributed by atoms with Crippen molar-refractivity contribution >= 4 is 5.78 Å². The van der Waals surface area contributed by atoms with E-state index in [1.165, 1.54) is 19.5 Å². The summed E-state index contributed by atoms with van der Waals surface area (Å²) >= 11 is 0. The van der Waals surface area contributed by atoms with Gasteiger partial charge in [-0.1, -0.05) is 0 Å². The lowest BCUT2D eigenvalue weighted by Gasteiger charge is -2.21. The minimum atomic E-state index is 0.156. The first kappa shape index (κ1) is 13.0. The molecule has 2 unspecified atom stereocenters. The van der Waals surface area contributed by atoms with Crippen LogP contribution < -0.4 is 0 Å². The van der Waals surface area contributed by atoms with Gasteiger partial charge in [-0.15, -0.1) is 0 Å². The monoisotopic (exact) mass is 240 g/mol. The number of likely N-dealkylation sites (N-methyl/N-ethyl adjacent to an activating group) is 1. The molecule has 2 aliphatic rings. The minimum Gasteiger partial charge on any atom is -0.381 e. The fraction of sp³-hybridized carbons (Fsp3) is 0.923. The van der Waals surface area contributed by atoms with Gasteiger partial charge in [-0.2, -0.15) is 0 Å². The number of carbonyl (C=O) groups is 1. The Morgan fingerprint density at radius 1 is 1.47 bits per heavy atom. The standard InChI is InChI=1S/C13H24N2O2/c1-14-5-3-11(7-14)8-15(2)9-13(16)12-4-6-17-10-12/h11-12H,3-10H2,1-2H3. The summed E-state index contributed by atoms with van der Waals surface area (Å²) in [7, 11) is 4.23. The molecule has 2 fully saturated rings. The predicted molar refractivity (Wildman–Crippen MR) is 67.0 cm³/mol. The fourth-order valence-electron chi connectivity index (χ4n) is 2.86. The maximum absolute atomic E-state index is 12.0. The highest BCUT2D eigenvalue weighted by atomic mass is 16.5. The van der Waals surface area contributed by atoms with Crippen LogP contribution in [0.3, 0.4) is 0 Å². The molecule has 4 nitrogen and oxygen atoms in total. The molecule has 0 saturated carbocycles. The van der Waals surface area contributed by atoms with Crippen LogP contribution >= 0.6 is 0 Å². The van der Waals surface area contributed by atoms with E-state index < -0.39 is 0 Å². The molecular formula is C13H24N2O2. The highest BCUT2D eigenvalue weighted by molar-refractivity contribution is 5.83. The van der Waals surface area contributed by atoms with E-state index in [1.54, 1.807) is 0 Å². The van der Waals surface area contributed by atoms with Crippen LogP contribution in [0, 0.1) is 11.8 Å². The van der Waals surface area contributed by atoms with Crippen molar-refractivity contribution in [3.05, 3.63) is 0 Å². The third kappa shape index (κ3) is 3.76. The van der Waals surface area contributed by atoms with E-state index in [4.69, 9.17) is 4.74 Å². The summed E-state index contributed by atoms with van der Waals surface area (Å²) in [6.45, 7) is 5.40. The molecule has 2 aliphatic heterocycles. The number of carbonyl (C=O) groups excluding carboxylic acids is 1. The molecule has 2 saturated heterocycles. The van der Waals surface area contributed by atoms with Crippen molar-refractivity contribution in [2.24, 2.45) is 11.8 Å². The van der Waals surface area contributed by atoms with Gasteiger partial charge in [-0.05, 0) is 39.4 Å². The number of hydrogen-bond acceptors (Lipinski definition) is 4. The average molecular weight is 240 g/mol. The highest BCUT2D eigenvalue weighted by Crippen LogP contribution is 2.17. The molecule has 0 aromatic carbocycles. The van der Waals surface area contributed by atoms with E-state index in [-0.39, 0.29) is 5.92 Å². The fourth-order valence-corrected chi connectivity index (χ4v) is 2.86. The Balaban J connectivity index is 1.69. The number of Topliss-reactive ketones (excluding diaryl/α,β-unsaturated/α-hetero) is 1. The van der Waals surface area contributed by atoms with Crippen LogP contribution in [-0.2, 0) is 9.53 Å². The number of nitrogens with zero attached hydrogens (tertiary/aromatic N) is 2. The molecule has 0 bridgehead atoms. The van der Waals surface area contributed by atoms with E-state index in [1.807, 2.05) is 0 Å². The summed E-state index contributed by atoms with van der Waals surface area (Å²) in [5.74, 6) is 1.25. The van der Waals surface area contributed by atoms with Gasteiger partial charge >= 0.3 is 0 Å². The number of likely N-dealkylation sites (tertiary alicyclic amines) is 1. The Morgan fingerprint density at radius 2 is 2.29 bits per heavy atom. The summed E-state index contributed by atoms with van der Waals surface area (Å²) < 4.78 is 5.26. The largest absolute Gasteiger partial charge is 0.381 e. The lowest BCUT2D eigenvalue weighted by molar-refractivity contribution is -0.123. The summed E-state index contributed by atoms with van der Waals surface area (Å²) in [5, 5.41) is 0. The number of rotatable bonds is 5. The summed E-state index contributed by atoms with van der Waals surface area (Å²) in [5.41, 5.74) is 0. The molecule has 0 N–H and O–H groups in total. The lowest BCUT2D eigenvalue weighted by Crippen LogP contribution is -2.34. The Bertz CT molecular complexity index is 264. The van der Waals surface area contributed by atoms with Crippen LogP contribution in [0.15, 0.2) is 0 Å². The molecule has 4 heteroatoms. The van der Waals surface area contributed by atoms with Gasteiger partial charge in [-0.3, -0.25) is 9.69 Å². The van der Waals surface area contributed by atoms with Crippen molar-refractivity contribution in [3.8, 4) is 0 Å². The number of hydrogen-bond donors (Lipinski definition) is 0. The summed E-state index contributed by atoms with van der Waals surface area (Å²) in [6, 6.07) is 0. The molecule has 0 radical (unpaired) electrons. The third-order valence-electron chi connectivity index (χ3n) is 3.87. The summed E-state index contributed by atoms with van der Waals surface area (Å²) in [6.07, 6.45) is 2.18. The van der Waals surface area contributed by atoms with Gasteiger partial charge in [0.05, 0.1) is 13.2 Å². The van der Waals surface area contributed by atoms with Gasteiger partial charge in [0.15, 0.2) is 5.78 Å². The Hall–Kier alpha value is -0.450. The van der Waals surface area contributed by atoms with Gasteiger partial charge in [0, 0.05) is 25.6 Å². The molecule has 2 atom stereocenters. The highest BCUT2D eigenvalue weighted by Gasteiger charge is 2.26. The molecule has 2 heterocycles. The Kier molecular flexibility index (Phi) is 4.54. The molecule has 0 amide bonds. The van der Waals surface area contributed by atoms with Crippen molar-refractivity contribution in [2.45, 2.75) is 12.8 Å². The molecular weight excluding hydrogens is 216 g/mol. The zero-order valence-corrected chi connectivity index (χ0v) is 11.0. The van der Waals surface area contributed by atoms with Crippen LogP contribution in [0.2, 0.25) is 0 Å². The number of ether oxygens (including phenoxy) is 1. The van der Waals surface area contributed by atoms with E-state index in [2.05, 4.69) is 23.9 Å². The molecule has 0 aromatic rings. The van der Waals surface area contributed by atoms with Crippen molar-refractivity contribution in [1.82, 2.24) is 9.80 Å². The van der Waals surface area contributed by atoms with E-state index in [0.717, 1.165) is 25.5 Å². The maximum Gasteiger partial charge on any atom is 0.152 e. The van der Waals surface area contributed by atoms with Gasteiger partial charge in [0.1, 0.15) is 0 Å². The first-order chi connectivity index (χ1) is 8.15. The first-order valence-electron chi connectivity index (χ1n) is 6.62. The molecule has 0 spiro atoms. The molecule has 0 aliphatic carbocycles. The maximum atomic E-state index is 12.0. The van der Waals surface area contributed by atoms with Crippen LogP contribution in [0.25, 0.3) is 0 Å². The van der Waals surface area contributed by atoms with Crippen LogP contribution in [0.5, 0.6) is 0 Å². The topological polar surface area (TPSA) is 32.8 Å². The molecule has 2 rings (SSSR count). The van der Waals surface area contributed by atoms with Crippen molar-refractivity contribution in [2.75, 3.05) is 53.5 Å².